The molecule has 156 valence electrons. The number of rotatable bonds is 5. The normalized spacial score (nSPS) is 14.0. The van der Waals surface area contributed by atoms with Crippen LogP contribution in [-0.2, 0) is 0 Å². The number of piperazine rings is 1. The number of methoxy groups -OCH3 is 1. The minimum Gasteiger partial charge on any atom is -0.497 e. The monoisotopic (exact) mass is 412 g/mol. The fourth-order valence-electron chi connectivity index (χ4n) is 3.79. The molecule has 3 heterocycles. The molecule has 4 aromatic rings. The van der Waals surface area contributed by atoms with Crippen LogP contribution in [0.3, 0.4) is 0 Å². The molecule has 0 aliphatic carbocycles. The largest absolute Gasteiger partial charge is 0.497 e. The van der Waals surface area contributed by atoms with Crippen molar-refractivity contribution in [1.82, 2.24) is 15.0 Å². The van der Waals surface area contributed by atoms with Crippen LogP contribution in [0, 0.1) is 0 Å². The van der Waals surface area contributed by atoms with E-state index in [0.29, 0.717) is 0 Å². The van der Waals surface area contributed by atoms with Crippen LogP contribution in [0.1, 0.15) is 0 Å². The molecule has 1 aliphatic rings. The van der Waals surface area contributed by atoms with Crippen LogP contribution in [0.4, 0.5) is 23.3 Å². The van der Waals surface area contributed by atoms with Crippen LogP contribution < -0.4 is 19.9 Å². The third kappa shape index (κ3) is 4.07. The molecular weight excluding hydrogens is 388 g/mol. The average Bonchev–Trinajstić information content (AvgIpc) is 2.85. The van der Waals surface area contributed by atoms with Gasteiger partial charge in [-0.1, -0.05) is 18.2 Å². The summed E-state index contributed by atoms with van der Waals surface area (Å²) in [5.41, 5.74) is 1.88. The summed E-state index contributed by atoms with van der Waals surface area (Å²) in [5.74, 6) is 3.39. The summed E-state index contributed by atoms with van der Waals surface area (Å²) in [6, 6.07) is 22.0. The zero-order chi connectivity index (χ0) is 21.0. The lowest BCUT2D eigenvalue weighted by atomic mass is 10.2. The Morgan fingerprint density at radius 3 is 2.29 bits per heavy atom. The second-order valence-corrected chi connectivity index (χ2v) is 7.40. The highest BCUT2D eigenvalue weighted by Crippen LogP contribution is 2.28. The van der Waals surface area contributed by atoms with E-state index in [-0.39, 0.29) is 0 Å². The molecule has 31 heavy (non-hydrogen) atoms. The molecule has 2 aromatic heterocycles. The molecule has 1 aliphatic heterocycles. The van der Waals surface area contributed by atoms with E-state index in [9.17, 15) is 0 Å². The van der Waals surface area contributed by atoms with Crippen molar-refractivity contribution in [3.8, 4) is 5.75 Å². The number of para-hydroxylation sites is 1. The van der Waals surface area contributed by atoms with Gasteiger partial charge in [-0.05, 0) is 48.5 Å². The molecule has 1 N–H and O–H groups in total. The first-order chi connectivity index (χ1) is 15.3. The lowest BCUT2D eigenvalue weighted by Crippen LogP contribution is -2.47. The van der Waals surface area contributed by atoms with Crippen LogP contribution in [0.5, 0.6) is 5.75 Å². The standard InChI is InChI=1S/C24H24N6O/c1-31-19-11-9-18(10-12-19)26-23-20-6-2-3-7-21(20)27-24(28-23)30-16-14-29(15-17-30)22-8-4-5-13-25-22/h2-13H,14-17H2,1H3,(H,26,27,28). The number of anilines is 4. The Morgan fingerprint density at radius 1 is 0.806 bits per heavy atom. The van der Waals surface area contributed by atoms with Crippen molar-refractivity contribution in [3.63, 3.8) is 0 Å². The van der Waals surface area contributed by atoms with E-state index in [1.54, 1.807) is 7.11 Å². The molecule has 0 radical (unpaired) electrons. The highest BCUT2D eigenvalue weighted by molar-refractivity contribution is 5.91. The van der Waals surface area contributed by atoms with E-state index in [2.05, 4.69) is 26.2 Å². The van der Waals surface area contributed by atoms with Crippen molar-refractivity contribution in [2.75, 3.05) is 48.4 Å². The molecule has 7 heteroatoms. The smallest absolute Gasteiger partial charge is 0.228 e. The molecule has 0 amide bonds. The molecule has 0 spiro atoms. The number of fused-ring (bicyclic) bond motifs is 1. The number of pyridine rings is 1. The van der Waals surface area contributed by atoms with Gasteiger partial charge in [0.05, 0.1) is 12.6 Å². The van der Waals surface area contributed by atoms with Gasteiger partial charge in [-0.15, -0.1) is 0 Å². The van der Waals surface area contributed by atoms with Crippen molar-refractivity contribution < 1.29 is 4.74 Å². The third-order valence-corrected chi connectivity index (χ3v) is 5.48. The van der Waals surface area contributed by atoms with E-state index in [1.165, 1.54) is 0 Å². The van der Waals surface area contributed by atoms with Gasteiger partial charge >= 0.3 is 0 Å². The zero-order valence-electron chi connectivity index (χ0n) is 17.4. The fraction of sp³-hybridized carbons (Fsp3) is 0.208. The first kappa shape index (κ1) is 19.1. The highest BCUT2D eigenvalue weighted by atomic mass is 16.5. The Balaban J connectivity index is 1.40. The number of nitrogens with one attached hydrogen (secondary N) is 1. The lowest BCUT2D eigenvalue weighted by molar-refractivity contribution is 0.415. The Hall–Kier alpha value is -3.87. The van der Waals surface area contributed by atoms with Crippen LogP contribution in [-0.4, -0.2) is 48.2 Å². The summed E-state index contributed by atoms with van der Waals surface area (Å²) in [5, 5.41) is 4.45. The molecular formula is C24H24N6O. The molecule has 0 atom stereocenters. The van der Waals surface area contributed by atoms with Crippen LogP contribution in [0.25, 0.3) is 10.9 Å². The van der Waals surface area contributed by atoms with Crippen LogP contribution in [0.15, 0.2) is 72.9 Å². The zero-order valence-corrected chi connectivity index (χ0v) is 17.4. The van der Waals surface area contributed by atoms with Gasteiger partial charge in [-0.3, -0.25) is 0 Å². The second kappa shape index (κ2) is 8.47. The number of hydrogen-bond donors (Lipinski definition) is 1. The fourth-order valence-corrected chi connectivity index (χ4v) is 3.79. The predicted octanol–water partition coefficient (Wildman–Crippen LogP) is 4.10. The van der Waals surface area contributed by atoms with Gasteiger partial charge in [0, 0.05) is 43.4 Å². The third-order valence-electron chi connectivity index (χ3n) is 5.48. The topological polar surface area (TPSA) is 66.4 Å². The minimum atomic E-state index is 0.746. The summed E-state index contributed by atoms with van der Waals surface area (Å²) in [6.45, 7) is 3.46. The molecule has 0 saturated carbocycles. The Morgan fingerprint density at radius 2 is 1.55 bits per heavy atom. The number of hydrogen-bond acceptors (Lipinski definition) is 7. The minimum absolute atomic E-state index is 0.746. The number of nitrogens with zero attached hydrogens (tertiary/aromatic N) is 5. The predicted molar refractivity (Wildman–Crippen MR) is 124 cm³/mol. The van der Waals surface area contributed by atoms with Crippen molar-refractivity contribution >= 4 is 34.2 Å². The number of aromatic nitrogens is 3. The quantitative estimate of drug-likeness (QED) is 0.529. The maximum absolute atomic E-state index is 5.26. The van der Waals surface area contributed by atoms with E-state index in [4.69, 9.17) is 14.7 Å². The Kier molecular flexibility index (Phi) is 5.22. The average molecular weight is 412 g/mol. The number of benzene rings is 2. The molecule has 1 saturated heterocycles. The van der Waals surface area contributed by atoms with Crippen molar-refractivity contribution in [2.24, 2.45) is 0 Å². The van der Waals surface area contributed by atoms with Crippen molar-refractivity contribution in [2.45, 2.75) is 0 Å². The molecule has 1 fully saturated rings. The van der Waals surface area contributed by atoms with Gasteiger partial charge in [0.2, 0.25) is 5.95 Å². The summed E-state index contributed by atoms with van der Waals surface area (Å²) in [4.78, 5) is 18.8. The van der Waals surface area contributed by atoms with Gasteiger partial charge in [-0.2, -0.15) is 4.98 Å². The molecule has 0 unspecified atom stereocenters. The molecule has 0 bridgehead atoms. The summed E-state index contributed by atoms with van der Waals surface area (Å²) in [6.07, 6.45) is 1.84. The SMILES string of the molecule is COc1ccc(Nc2nc(N3CCN(c4ccccn4)CC3)nc3ccccc23)cc1. The van der Waals surface area contributed by atoms with E-state index in [1.807, 2.05) is 66.9 Å². The summed E-state index contributed by atoms with van der Waals surface area (Å²) >= 11 is 0. The van der Waals surface area contributed by atoms with Gasteiger partial charge in [0.15, 0.2) is 0 Å². The van der Waals surface area contributed by atoms with Gasteiger partial charge in [0.25, 0.3) is 0 Å². The van der Waals surface area contributed by atoms with E-state index < -0.39 is 0 Å². The first-order valence-electron chi connectivity index (χ1n) is 10.4. The van der Waals surface area contributed by atoms with E-state index in [0.717, 1.165) is 66.1 Å². The Bertz CT molecular complexity index is 1160. The second-order valence-electron chi connectivity index (χ2n) is 7.40. The Labute approximate surface area is 181 Å². The van der Waals surface area contributed by atoms with Crippen LogP contribution in [0.2, 0.25) is 0 Å². The van der Waals surface area contributed by atoms with E-state index >= 15 is 0 Å². The molecule has 7 nitrogen and oxygen atoms in total. The van der Waals surface area contributed by atoms with Gasteiger partial charge < -0.3 is 19.9 Å². The maximum Gasteiger partial charge on any atom is 0.228 e. The van der Waals surface area contributed by atoms with Gasteiger partial charge in [0.1, 0.15) is 17.4 Å². The van der Waals surface area contributed by atoms with Gasteiger partial charge in [-0.25, -0.2) is 9.97 Å². The molecule has 2 aromatic carbocycles. The lowest BCUT2D eigenvalue weighted by Gasteiger charge is -2.35. The number of ether oxygens (including phenoxy) is 1. The van der Waals surface area contributed by atoms with Crippen LogP contribution >= 0.6 is 0 Å². The maximum atomic E-state index is 5.26. The van der Waals surface area contributed by atoms with Crippen molar-refractivity contribution in [3.05, 3.63) is 72.9 Å². The highest BCUT2D eigenvalue weighted by Gasteiger charge is 2.21. The van der Waals surface area contributed by atoms with Crippen molar-refractivity contribution in [1.29, 1.82) is 0 Å². The summed E-state index contributed by atoms with van der Waals surface area (Å²) < 4.78 is 5.26. The first-order valence-corrected chi connectivity index (χ1v) is 10.4. The summed E-state index contributed by atoms with van der Waals surface area (Å²) in [7, 11) is 1.67. The molecule has 5 rings (SSSR count).